The molecule has 0 aliphatic carbocycles. The number of carbonyl (C=O) groups excluding carboxylic acids is 2. The topological polar surface area (TPSA) is 67.5 Å². The van der Waals surface area contributed by atoms with E-state index in [4.69, 9.17) is 9.52 Å². The molecule has 0 fully saturated rings. The van der Waals surface area contributed by atoms with Crippen LogP contribution in [0, 0.1) is 23.3 Å². The number of phenols is 1. The zero-order chi connectivity index (χ0) is 18.7. The van der Waals surface area contributed by atoms with Gasteiger partial charge < -0.3 is 9.52 Å². The fourth-order valence-electron chi connectivity index (χ4n) is 1.85. The Morgan fingerprint density at radius 1 is 0.960 bits per heavy atom. The highest BCUT2D eigenvalue weighted by atomic mass is 19.2. The van der Waals surface area contributed by atoms with Gasteiger partial charge in [0.05, 0.1) is 5.56 Å². The minimum Gasteiger partial charge on any atom is -0.507 e. The molecule has 0 aliphatic heterocycles. The van der Waals surface area contributed by atoms with Gasteiger partial charge in [0.25, 0.3) is 0 Å². The molecule has 0 bridgehead atoms. The zero-order valence-corrected chi connectivity index (χ0v) is 12.6. The quantitative estimate of drug-likeness (QED) is 0.421. The standard InChI is InChI=1S/C10H6F2O2.C7H4F2O2/c1-5(13)9-3-6-2-7(11)8(12)4-10(6)14-9;8-5-1-4(3-10)7(11)2-6(5)9/h2-4H,1H3;1-3,11H. The van der Waals surface area contributed by atoms with E-state index in [1.807, 2.05) is 0 Å². The summed E-state index contributed by atoms with van der Waals surface area (Å²) in [6.45, 7) is 1.32. The summed E-state index contributed by atoms with van der Waals surface area (Å²) >= 11 is 0. The van der Waals surface area contributed by atoms with Crippen molar-refractivity contribution in [2.24, 2.45) is 0 Å². The number of aldehydes is 1. The maximum Gasteiger partial charge on any atom is 0.194 e. The monoisotopic (exact) mass is 354 g/mol. The fourth-order valence-corrected chi connectivity index (χ4v) is 1.85. The highest BCUT2D eigenvalue weighted by Gasteiger charge is 2.11. The van der Waals surface area contributed by atoms with Crippen LogP contribution in [0.4, 0.5) is 17.6 Å². The number of carbonyl (C=O) groups is 2. The SMILES string of the molecule is CC(=O)c1cc2cc(F)c(F)cc2o1.O=Cc1cc(F)c(F)cc1O. The van der Waals surface area contributed by atoms with Crippen molar-refractivity contribution < 1.29 is 36.7 Å². The van der Waals surface area contributed by atoms with Crippen molar-refractivity contribution in [1.82, 2.24) is 0 Å². The third-order valence-electron chi connectivity index (χ3n) is 3.10. The van der Waals surface area contributed by atoms with Crippen molar-refractivity contribution in [3.63, 3.8) is 0 Å². The van der Waals surface area contributed by atoms with Crippen LogP contribution in [0.2, 0.25) is 0 Å². The number of Topliss-reactive ketones (excluding diaryl/α,β-unsaturated/α-hetero) is 1. The molecule has 3 rings (SSSR count). The first-order valence-corrected chi connectivity index (χ1v) is 6.75. The minimum absolute atomic E-state index is 0.102. The van der Waals surface area contributed by atoms with E-state index >= 15 is 0 Å². The summed E-state index contributed by atoms with van der Waals surface area (Å²) in [5.41, 5.74) is -0.0852. The molecule has 0 amide bonds. The van der Waals surface area contributed by atoms with Crippen LogP contribution in [0.3, 0.4) is 0 Å². The van der Waals surface area contributed by atoms with E-state index < -0.39 is 29.0 Å². The van der Waals surface area contributed by atoms with E-state index in [0.717, 1.165) is 12.1 Å². The Morgan fingerprint density at radius 3 is 2.12 bits per heavy atom. The molecule has 0 atom stereocenters. The number of furan rings is 1. The summed E-state index contributed by atoms with van der Waals surface area (Å²) in [7, 11) is 0. The molecule has 8 heteroatoms. The molecule has 130 valence electrons. The van der Waals surface area contributed by atoms with Gasteiger partial charge in [0, 0.05) is 24.4 Å². The molecule has 3 aromatic rings. The van der Waals surface area contributed by atoms with Gasteiger partial charge in [-0.25, -0.2) is 17.6 Å². The van der Waals surface area contributed by atoms with Gasteiger partial charge >= 0.3 is 0 Å². The Kier molecular flexibility index (Phi) is 5.21. The summed E-state index contributed by atoms with van der Waals surface area (Å²) in [6, 6.07) is 4.51. The van der Waals surface area contributed by atoms with E-state index in [-0.39, 0.29) is 29.0 Å². The molecule has 0 saturated heterocycles. The zero-order valence-electron chi connectivity index (χ0n) is 12.6. The minimum atomic E-state index is -1.17. The highest BCUT2D eigenvalue weighted by molar-refractivity contribution is 5.95. The van der Waals surface area contributed by atoms with Gasteiger partial charge in [-0.2, -0.15) is 0 Å². The van der Waals surface area contributed by atoms with Crippen LogP contribution in [0.25, 0.3) is 11.0 Å². The summed E-state index contributed by atoms with van der Waals surface area (Å²) in [4.78, 5) is 20.9. The van der Waals surface area contributed by atoms with Crippen LogP contribution < -0.4 is 0 Å². The molecule has 0 unspecified atom stereocenters. The molecule has 25 heavy (non-hydrogen) atoms. The molecule has 0 spiro atoms. The van der Waals surface area contributed by atoms with Gasteiger partial charge in [-0.3, -0.25) is 9.59 Å². The smallest absolute Gasteiger partial charge is 0.194 e. The Hall–Kier alpha value is -3.16. The molecule has 0 radical (unpaired) electrons. The third kappa shape index (κ3) is 4.03. The van der Waals surface area contributed by atoms with Crippen molar-refractivity contribution in [3.8, 4) is 5.75 Å². The average molecular weight is 354 g/mol. The first-order chi connectivity index (χ1) is 11.7. The second-order valence-electron chi connectivity index (χ2n) is 4.91. The molecular formula is C17H10F4O4. The lowest BCUT2D eigenvalue weighted by Crippen LogP contribution is -1.88. The van der Waals surface area contributed by atoms with Crippen molar-refractivity contribution >= 4 is 23.0 Å². The Balaban J connectivity index is 0.000000186. The van der Waals surface area contributed by atoms with Gasteiger partial charge in [-0.1, -0.05) is 0 Å². The van der Waals surface area contributed by atoms with Gasteiger partial charge in [0.2, 0.25) is 0 Å². The maximum atomic E-state index is 12.8. The maximum absolute atomic E-state index is 12.8. The summed E-state index contributed by atoms with van der Waals surface area (Å²) in [5, 5.41) is 9.16. The van der Waals surface area contributed by atoms with Crippen molar-refractivity contribution in [1.29, 1.82) is 0 Å². The van der Waals surface area contributed by atoms with Crippen LogP contribution >= 0.6 is 0 Å². The Labute approximate surface area is 138 Å². The van der Waals surface area contributed by atoms with Gasteiger partial charge in [-0.15, -0.1) is 0 Å². The number of aromatic hydroxyl groups is 1. The number of ketones is 1. The second-order valence-corrected chi connectivity index (χ2v) is 4.91. The van der Waals surface area contributed by atoms with Crippen molar-refractivity contribution in [3.05, 3.63) is 64.9 Å². The number of rotatable bonds is 2. The molecule has 1 heterocycles. The van der Waals surface area contributed by atoms with E-state index in [2.05, 4.69) is 0 Å². The van der Waals surface area contributed by atoms with Crippen LogP contribution in [0.5, 0.6) is 5.75 Å². The van der Waals surface area contributed by atoms with Gasteiger partial charge in [0.1, 0.15) is 11.3 Å². The molecule has 1 N–H and O–H groups in total. The second kappa shape index (κ2) is 7.16. The third-order valence-corrected chi connectivity index (χ3v) is 3.10. The largest absolute Gasteiger partial charge is 0.507 e. The number of fused-ring (bicyclic) bond motifs is 1. The summed E-state index contributed by atoms with van der Waals surface area (Å²) in [6.07, 6.45) is 0.248. The van der Waals surface area contributed by atoms with Crippen LogP contribution in [0.15, 0.2) is 34.7 Å². The summed E-state index contributed by atoms with van der Waals surface area (Å²) < 4.78 is 55.1. The number of benzene rings is 2. The van der Waals surface area contributed by atoms with Crippen LogP contribution in [-0.2, 0) is 0 Å². The first-order valence-electron chi connectivity index (χ1n) is 6.75. The predicted molar refractivity (Wildman–Crippen MR) is 79.5 cm³/mol. The van der Waals surface area contributed by atoms with Crippen LogP contribution in [-0.4, -0.2) is 17.2 Å². The summed E-state index contributed by atoms with van der Waals surface area (Å²) in [5.74, 6) is -4.99. The fraction of sp³-hybridized carbons (Fsp3) is 0.0588. The number of halogens is 4. The van der Waals surface area contributed by atoms with E-state index in [9.17, 15) is 27.2 Å². The lowest BCUT2D eigenvalue weighted by molar-refractivity contribution is 0.0989. The van der Waals surface area contributed by atoms with E-state index in [1.165, 1.54) is 13.0 Å². The van der Waals surface area contributed by atoms with Gasteiger partial charge in [-0.05, 0) is 18.2 Å². The van der Waals surface area contributed by atoms with E-state index in [1.54, 1.807) is 0 Å². The number of hydrogen-bond acceptors (Lipinski definition) is 4. The van der Waals surface area contributed by atoms with E-state index in [0.29, 0.717) is 17.5 Å². The lowest BCUT2D eigenvalue weighted by Gasteiger charge is -1.96. The molecule has 0 saturated carbocycles. The number of hydrogen-bond donors (Lipinski definition) is 1. The first kappa shape index (κ1) is 18.2. The normalized spacial score (nSPS) is 10.3. The molecule has 2 aromatic carbocycles. The molecule has 0 aliphatic rings. The van der Waals surface area contributed by atoms with Crippen LogP contribution in [0.1, 0.15) is 27.8 Å². The molecular weight excluding hydrogens is 344 g/mol. The van der Waals surface area contributed by atoms with Crippen molar-refractivity contribution in [2.75, 3.05) is 0 Å². The Bertz CT molecular complexity index is 924. The van der Waals surface area contributed by atoms with Gasteiger partial charge in [0.15, 0.2) is 41.1 Å². The lowest BCUT2D eigenvalue weighted by atomic mass is 10.2. The average Bonchev–Trinajstić information content (AvgIpc) is 2.95. The molecule has 1 aromatic heterocycles. The Morgan fingerprint density at radius 2 is 1.52 bits per heavy atom. The predicted octanol–water partition coefficient (Wildman–Crippen LogP) is 4.40. The number of phenolic OH excluding ortho intramolecular Hbond substituents is 1. The highest BCUT2D eigenvalue weighted by Crippen LogP contribution is 2.22. The molecule has 4 nitrogen and oxygen atoms in total. The van der Waals surface area contributed by atoms with Crippen molar-refractivity contribution in [2.45, 2.75) is 6.92 Å².